The molecule has 0 fully saturated rings. The number of halogens is 4. The number of fused-ring (bicyclic) bond motifs is 1. The normalized spacial score (nSPS) is 10.5. The number of nitrogens with zero attached hydrogens (tertiary/aromatic N) is 3. The molecule has 0 aliphatic rings. The molecule has 0 bridgehead atoms. The van der Waals surface area contributed by atoms with Gasteiger partial charge in [-0.05, 0) is 48.5 Å². The Hall–Kier alpha value is -2.86. The van der Waals surface area contributed by atoms with Crippen LogP contribution in [0.15, 0.2) is 79.3 Å². The van der Waals surface area contributed by atoms with Crippen LogP contribution in [0.5, 0.6) is 0 Å². The molecule has 0 amide bonds. The Morgan fingerprint density at radius 3 is 2.43 bits per heavy atom. The Morgan fingerprint density at radius 1 is 0.900 bits per heavy atom. The minimum atomic E-state index is -0.271. The Labute approximate surface area is 189 Å². The Morgan fingerprint density at radius 2 is 1.67 bits per heavy atom. The summed E-state index contributed by atoms with van der Waals surface area (Å²) in [5.41, 5.74) is 6.29. The zero-order valence-corrected chi connectivity index (χ0v) is 17.8. The second-order valence-electron chi connectivity index (χ2n) is 6.45. The number of rotatable bonds is 3. The number of aromatic amines is 1. The Kier molecular flexibility index (Phi) is 6.46. The van der Waals surface area contributed by atoms with E-state index in [9.17, 15) is 4.39 Å². The molecular weight excluding hydrogens is 446 g/mol. The predicted octanol–water partition coefficient (Wildman–Crippen LogP) is 6.69. The Balaban J connectivity index is 0.00000128. The lowest BCUT2D eigenvalue weighted by atomic mass is 10.0. The van der Waals surface area contributed by atoms with E-state index >= 15 is 0 Å². The van der Waals surface area contributed by atoms with Crippen LogP contribution in [0.4, 0.5) is 4.39 Å². The largest absolute Gasteiger partial charge is 0.299 e. The van der Waals surface area contributed by atoms with E-state index in [0.29, 0.717) is 5.02 Å². The molecule has 0 atom stereocenters. The highest BCUT2D eigenvalue weighted by Crippen LogP contribution is 2.32. The first-order chi connectivity index (χ1) is 13.7. The summed E-state index contributed by atoms with van der Waals surface area (Å²) in [4.78, 5) is 4.49. The molecule has 30 heavy (non-hydrogen) atoms. The molecule has 8 heteroatoms. The molecule has 0 radical (unpaired) electrons. The van der Waals surface area contributed by atoms with Gasteiger partial charge in [0, 0.05) is 39.7 Å². The van der Waals surface area contributed by atoms with Gasteiger partial charge in [-0.2, -0.15) is 5.10 Å². The van der Waals surface area contributed by atoms with Crippen molar-refractivity contribution >= 4 is 42.1 Å². The topological polar surface area (TPSA) is 46.0 Å². The van der Waals surface area contributed by atoms with Crippen LogP contribution >= 0.6 is 36.4 Å². The number of hydrogen-bond donors (Lipinski definition) is 1. The van der Waals surface area contributed by atoms with Gasteiger partial charge in [0.15, 0.2) is 0 Å². The maximum absolute atomic E-state index is 13.3. The first kappa shape index (κ1) is 21.8. The first-order valence-corrected chi connectivity index (χ1v) is 9.10. The van der Waals surface area contributed by atoms with Crippen molar-refractivity contribution in [3.8, 4) is 33.6 Å². The van der Waals surface area contributed by atoms with Gasteiger partial charge < -0.3 is 0 Å². The molecule has 0 spiro atoms. The number of aromatic nitrogens is 4. The lowest BCUT2D eigenvalue weighted by Crippen LogP contribution is -1.91. The number of imidazole rings is 1. The third kappa shape index (κ3) is 3.92. The molecular formula is C22H16Cl3FN4. The first-order valence-electron chi connectivity index (χ1n) is 8.72. The molecule has 0 aliphatic carbocycles. The monoisotopic (exact) mass is 460 g/mol. The van der Waals surface area contributed by atoms with Gasteiger partial charge in [0.1, 0.15) is 11.5 Å². The molecule has 0 saturated carbocycles. The Bertz CT molecular complexity index is 1300. The van der Waals surface area contributed by atoms with Gasteiger partial charge in [0.2, 0.25) is 0 Å². The summed E-state index contributed by atoms with van der Waals surface area (Å²) < 4.78 is 15.3. The van der Waals surface area contributed by atoms with E-state index in [1.165, 1.54) is 12.1 Å². The van der Waals surface area contributed by atoms with Gasteiger partial charge in [0.25, 0.3) is 0 Å². The van der Waals surface area contributed by atoms with E-state index in [4.69, 9.17) is 11.6 Å². The van der Waals surface area contributed by atoms with Crippen molar-refractivity contribution in [3.05, 3.63) is 90.1 Å². The van der Waals surface area contributed by atoms with Gasteiger partial charge in [-0.3, -0.25) is 9.50 Å². The molecule has 3 aromatic heterocycles. The third-order valence-corrected chi connectivity index (χ3v) is 4.93. The number of nitrogens with one attached hydrogen (secondary N) is 1. The van der Waals surface area contributed by atoms with Crippen LogP contribution in [0, 0.1) is 5.82 Å². The summed E-state index contributed by atoms with van der Waals surface area (Å²) in [6.07, 6.45) is 5.70. The SMILES string of the molecule is Cl.Cl.Fc1ccc(-c2n[nH]cc2-c2ccc3ncc(-c4cccc(Cl)c4)n3c2)cc1. The highest BCUT2D eigenvalue weighted by atomic mass is 35.5. The summed E-state index contributed by atoms with van der Waals surface area (Å²) in [5, 5.41) is 7.96. The fraction of sp³-hybridized carbons (Fsp3) is 0. The summed E-state index contributed by atoms with van der Waals surface area (Å²) >= 11 is 6.16. The molecule has 0 aliphatic heterocycles. The van der Waals surface area contributed by atoms with E-state index in [0.717, 1.165) is 39.3 Å². The van der Waals surface area contributed by atoms with Crippen LogP contribution in [0.25, 0.3) is 39.3 Å². The van der Waals surface area contributed by atoms with Gasteiger partial charge >= 0.3 is 0 Å². The molecule has 2 aromatic carbocycles. The maximum atomic E-state index is 13.3. The molecule has 3 heterocycles. The van der Waals surface area contributed by atoms with Crippen LogP contribution < -0.4 is 0 Å². The highest BCUT2D eigenvalue weighted by molar-refractivity contribution is 6.30. The van der Waals surface area contributed by atoms with Crippen LogP contribution in [0.3, 0.4) is 0 Å². The zero-order chi connectivity index (χ0) is 19.1. The fourth-order valence-electron chi connectivity index (χ4n) is 3.34. The molecule has 0 saturated heterocycles. The third-order valence-electron chi connectivity index (χ3n) is 4.70. The van der Waals surface area contributed by atoms with Crippen molar-refractivity contribution in [1.29, 1.82) is 0 Å². The molecule has 1 N–H and O–H groups in total. The molecule has 4 nitrogen and oxygen atoms in total. The molecule has 152 valence electrons. The van der Waals surface area contributed by atoms with E-state index in [1.807, 2.05) is 59.4 Å². The van der Waals surface area contributed by atoms with Crippen molar-refractivity contribution in [2.45, 2.75) is 0 Å². The number of hydrogen-bond acceptors (Lipinski definition) is 2. The van der Waals surface area contributed by atoms with Gasteiger partial charge in [-0.1, -0.05) is 23.7 Å². The van der Waals surface area contributed by atoms with Crippen LogP contribution in [-0.2, 0) is 0 Å². The average molecular weight is 462 g/mol. The number of benzene rings is 2. The van der Waals surface area contributed by atoms with Crippen LogP contribution in [0.1, 0.15) is 0 Å². The van der Waals surface area contributed by atoms with Gasteiger partial charge in [-0.15, -0.1) is 24.8 Å². The lowest BCUT2D eigenvalue weighted by molar-refractivity contribution is 0.628. The smallest absolute Gasteiger partial charge is 0.137 e. The fourth-order valence-corrected chi connectivity index (χ4v) is 3.53. The van der Waals surface area contributed by atoms with Gasteiger partial charge in [-0.25, -0.2) is 9.37 Å². The minimum Gasteiger partial charge on any atom is -0.299 e. The zero-order valence-electron chi connectivity index (χ0n) is 15.4. The molecule has 0 unspecified atom stereocenters. The second-order valence-corrected chi connectivity index (χ2v) is 6.89. The van der Waals surface area contributed by atoms with Crippen molar-refractivity contribution in [2.24, 2.45) is 0 Å². The van der Waals surface area contributed by atoms with Crippen molar-refractivity contribution in [3.63, 3.8) is 0 Å². The number of H-pyrrole nitrogens is 1. The predicted molar refractivity (Wildman–Crippen MR) is 123 cm³/mol. The quantitative estimate of drug-likeness (QED) is 0.325. The van der Waals surface area contributed by atoms with E-state index in [1.54, 1.807) is 12.1 Å². The summed E-state index contributed by atoms with van der Waals surface area (Å²) in [6.45, 7) is 0. The summed E-state index contributed by atoms with van der Waals surface area (Å²) in [7, 11) is 0. The molecule has 5 rings (SSSR count). The lowest BCUT2D eigenvalue weighted by Gasteiger charge is -2.07. The van der Waals surface area contributed by atoms with Gasteiger partial charge in [0.05, 0.1) is 17.6 Å². The summed E-state index contributed by atoms with van der Waals surface area (Å²) in [5.74, 6) is -0.271. The molecule has 5 aromatic rings. The average Bonchev–Trinajstić information content (AvgIpc) is 3.35. The maximum Gasteiger partial charge on any atom is 0.137 e. The van der Waals surface area contributed by atoms with E-state index in [2.05, 4.69) is 15.2 Å². The van der Waals surface area contributed by atoms with Crippen molar-refractivity contribution in [2.75, 3.05) is 0 Å². The van der Waals surface area contributed by atoms with E-state index in [-0.39, 0.29) is 30.6 Å². The van der Waals surface area contributed by atoms with Crippen molar-refractivity contribution < 1.29 is 4.39 Å². The second kappa shape index (κ2) is 8.88. The van der Waals surface area contributed by atoms with Crippen LogP contribution in [-0.4, -0.2) is 19.6 Å². The number of pyridine rings is 1. The highest BCUT2D eigenvalue weighted by Gasteiger charge is 2.13. The van der Waals surface area contributed by atoms with E-state index < -0.39 is 0 Å². The minimum absolute atomic E-state index is 0. The van der Waals surface area contributed by atoms with Crippen LogP contribution in [0.2, 0.25) is 5.02 Å². The van der Waals surface area contributed by atoms with Crippen molar-refractivity contribution in [1.82, 2.24) is 19.6 Å². The standard InChI is InChI=1S/C22H14ClFN4.2ClH/c23-17-3-1-2-15(10-17)20-12-25-21-9-6-16(13-28(20)21)19-11-26-27-22(19)14-4-7-18(24)8-5-14;;/h1-13H,(H,26,27);2*1H. The summed E-state index contributed by atoms with van der Waals surface area (Å²) in [6, 6.07) is 18.0.